The van der Waals surface area contributed by atoms with Crippen LogP contribution in [0.25, 0.3) is 0 Å². The minimum atomic E-state index is -0.943. The number of ether oxygens (including phenoxy) is 1. The Morgan fingerprint density at radius 2 is 2.32 bits per heavy atom. The highest BCUT2D eigenvalue weighted by molar-refractivity contribution is 7.13. The summed E-state index contributed by atoms with van der Waals surface area (Å²) in [7, 11) is 1.74. The van der Waals surface area contributed by atoms with E-state index >= 15 is 0 Å². The maximum Gasteiger partial charge on any atom is 0.315 e. The van der Waals surface area contributed by atoms with Crippen molar-refractivity contribution in [3.8, 4) is 0 Å². The van der Waals surface area contributed by atoms with Gasteiger partial charge in [0.2, 0.25) is 0 Å². The summed E-state index contributed by atoms with van der Waals surface area (Å²) in [5, 5.41) is 15.2. The largest absolute Gasteiger partial charge is 0.481 e. The van der Waals surface area contributed by atoms with Crippen LogP contribution in [0.5, 0.6) is 0 Å². The van der Waals surface area contributed by atoms with Crippen LogP contribution in [0.3, 0.4) is 0 Å². The van der Waals surface area contributed by atoms with E-state index in [2.05, 4.69) is 10.3 Å². The van der Waals surface area contributed by atoms with Gasteiger partial charge in [-0.2, -0.15) is 0 Å². The Labute approximate surface area is 117 Å². The molecule has 1 saturated carbocycles. The molecular weight excluding hydrogens is 264 g/mol. The average molecular weight is 284 g/mol. The predicted molar refractivity (Wildman–Crippen MR) is 74.8 cm³/mol. The molecule has 106 valence electrons. The molecule has 19 heavy (non-hydrogen) atoms. The molecule has 0 aromatic carbocycles. The second kappa shape index (κ2) is 5.46. The number of methoxy groups -OCH3 is 1. The monoisotopic (exact) mass is 284 g/mol. The van der Waals surface area contributed by atoms with Crippen molar-refractivity contribution in [1.29, 1.82) is 0 Å². The third-order valence-electron chi connectivity index (χ3n) is 3.72. The number of carboxylic acid groups (broad SMARTS) is 1. The minimum Gasteiger partial charge on any atom is -0.481 e. The van der Waals surface area contributed by atoms with Crippen LogP contribution in [-0.2, 0) is 14.9 Å². The quantitative estimate of drug-likeness (QED) is 0.869. The molecule has 0 amide bonds. The molecule has 0 aliphatic heterocycles. The molecule has 1 heterocycles. The van der Waals surface area contributed by atoms with Crippen LogP contribution in [0, 0.1) is 0 Å². The molecule has 0 bridgehead atoms. The molecule has 1 aromatic heterocycles. The number of hydrogen-bond acceptors (Lipinski definition) is 5. The SMILES string of the molecule is COC1CCC(Nc2nc(C(C)(C)C(=O)O)cs2)C1. The molecule has 2 N–H and O–H groups in total. The zero-order valence-electron chi connectivity index (χ0n) is 11.5. The van der Waals surface area contributed by atoms with Crippen molar-refractivity contribution in [2.24, 2.45) is 0 Å². The minimum absolute atomic E-state index is 0.326. The summed E-state index contributed by atoms with van der Waals surface area (Å²) >= 11 is 1.46. The Morgan fingerprint density at radius 3 is 2.89 bits per heavy atom. The summed E-state index contributed by atoms with van der Waals surface area (Å²) in [5.74, 6) is -0.857. The standard InChI is InChI=1S/C13H20N2O3S/c1-13(2,11(16)17)10-7-19-12(15-10)14-8-4-5-9(6-8)18-3/h7-9H,4-6H2,1-3H3,(H,14,15)(H,16,17). The molecule has 1 aliphatic rings. The van der Waals surface area contributed by atoms with Gasteiger partial charge < -0.3 is 15.2 Å². The van der Waals surface area contributed by atoms with Crippen molar-refractivity contribution in [2.45, 2.75) is 50.7 Å². The smallest absolute Gasteiger partial charge is 0.315 e. The Hall–Kier alpha value is -1.14. The first-order valence-electron chi connectivity index (χ1n) is 6.42. The summed E-state index contributed by atoms with van der Waals surface area (Å²) in [6, 6.07) is 0.372. The Balaban J connectivity index is 2.00. The lowest BCUT2D eigenvalue weighted by atomic mass is 9.90. The first-order valence-corrected chi connectivity index (χ1v) is 7.30. The normalized spacial score (nSPS) is 23.5. The molecule has 1 aliphatic carbocycles. The predicted octanol–water partition coefficient (Wildman–Crippen LogP) is 2.48. The molecule has 2 rings (SSSR count). The lowest BCUT2D eigenvalue weighted by molar-refractivity contribution is -0.142. The van der Waals surface area contributed by atoms with Crippen LogP contribution in [0.4, 0.5) is 5.13 Å². The zero-order valence-corrected chi connectivity index (χ0v) is 12.3. The van der Waals surface area contributed by atoms with Crippen LogP contribution < -0.4 is 5.32 Å². The van der Waals surface area contributed by atoms with Crippen molar-refractivity contribution in [3.63, 3.8) is 0 Å². The molecule has 1 aromatic rings. The molecule has 6 heteroatoms. The van der Waals surface area contributed by atoms with Crippen molar-refractivity contribution in [3.05, 3.63) is 11.1 Å². The molecular formula is C13H20N2O3S. The van der Waals surface area contributed by atoms with Gasteiger partial charge in [0.1, 0.15) is 5.41 Å². The van der Waals surface area contributed by atoms with E-state index in [0.29, 0.717) is 17.8 Å². The number of aliphatic carboxylic acids is 1. The summed E-state index contributed by atoms with van der Waals surface area (Å²) in [6.45, 7) is 3.34. The maximum absolute atomic E-state index is 11.2. The number of nitrogens with zero attached hydrogens (tertiary/aromatic N) is 1. The van der Waals surface area contributed by atoms with Crippen LogP contribution in [0.15, 0.2) is 5.38 Å². The van der Waals surface area contributed by atoms with Crippen LogP contribution in [-0.4, -0.2) is 35.3 Å². The van der Waals surface area contributed by atoms with Gasteiger partial charge in [0.25, 0.3) is 0 Å². The lowest BCUT2D eigenvalue weighted by Crippen LogP contribution is -2.29. The van der Waals surface area contributed by atoms with Crippen molar-refractivity contribution < 1.29 is 14.6 Å². The molecule has 2 unspecified atom stereocenters. The van der Waals surface area contributed by atoms with Gasteiger partial charge in [-0.3, -0.25) is 4.79 Å². The molecule has 2 atom stereocenters. The van der Waals surface area contributed by atoms with Gasteiger partial charge >= 0.3 is 5.97 Å². The van der Waals surface area contributed by atoms with Gasteiger partial charge in [0.15, 0.2) is 5.13 Å². The summed E-state index contributed by atoms with van der Waals surface area (Å²) < 4.78 is 5.34. The molecule has 0 saturated heterocycles. The summed E-state index contributed by atoms with van der Waals surface area (Å²) in [4.78, 5) is 15.6. The third-order valence-corrected chi connectivity index (χ3v) is 4.50. The highest BCUT2D eigenvalue weighted by Crippen LogP contribution is 2.30. The number of carbonyl (C=O) groups is 1. The molecule has 0 spiro atoms. The van der Waals surface area contributed by atoms with Gasteiger partial charge in [-0.1, -0.05) is 0 Å². The number of hydrogen-bond donors (Lipinski definition) is 2. The van der Waals surface area contributed by atoms with Gasteiger partial charge in [-0.25, -0.2) is 4.98 Å². The average Bonchev–Trinajstić information content (AvgIpc) is 2.98. The Morgan fingerprint density at radius 1 is 1.58 bits per heavy atom. The number of rotatable bonds is 5. The van der Waals surface area contributed by atoms with Crippen molar-refractivity contribution in [2.75, 3.05) is 12.4 Å². The van der Waals surface area contributed by atoms with E-state index in [1.807, 2.05) is 5.38 Å². The number of thiazole rings is 1. The fraction of sp³-hybridized carbons (Fsp3) is 0.692. The van der Waals surface area contributed by atoms with Crippen LogP contribution >= 0.6 is 11.3 Å². The van der Waals surface area contributed by atoms with Gasteiger partial charge in [0, 0.05) is 18.5 Å². The summed E-state index contributed by atoms with van der Waals surface area (Å²) in [6.07, 6.45) is 3.43. The first kappa shape index (κ1) is 14.3. The number of nitrogens with one attached hydrogen (secondary N) is 1. The second-order valence-electron chi connectivity index (χ2n) is 5.48. The lowest BCUT2D eigenvalue weighted by Gasteiger charge is -2.16. The highest BCUT2D eigenvalue weighted by Gasteiger charge is 2.32. The van der Waals surface area contributed by atoms with Crippen LogP contribution in [0.1, 0.15) is 38.8 Å². The first-order chi connectivity index (χ1) is 8.93. The van der Waals surface area contributed by atoms with E-state index < -0.39 is 11.4 Å². The van der Waals surface area contributed by atoms with E-state index in [1.54, 1.807) is 21.0 Å². The Bertz CT molecular complexity index is 458. The number of aromatic nitrogens is 1. The molecule has 0 radical (unpaired) electrons. The number of carboxylic acids is 1. The third kappa shape index (κ3) is 3.06. The van der Waals surface area contributed by atoms with Crippen molar-refractivity contribution >= 4 is 22.4 Å². The fourth-order valence-electron chi connectivity index (χ4n) is 2.20. The molecule has 1 fully saturated rings. The number of anilines is 1. The van der Waals surface area contributed by atoms with E-state index in [-0.39, 0.29) is 0 Å². The second-order valence-corrected chi connectivity index (χ2v) is 6.34. The zero-order chi connectivity index (χ0) is 14.0. The van der Waals surface area contributed by atoms with E-state index in [1.165, 1.54) is 11.3 Å². The van der Waals surface area contributed by atoms with Gasteiger partial charge in [0.05, 0.1) is 11.8 Å². The van der Waals surface area contributed by atoms with E-state index in [9.17, 15) is 9.90 Å². The van der Waals surface area contributed by atoms with E-state index in [0.717, 1.165) is 24.4 Å². The van der Waals surface area contributed by atoms with E-state index in [4.69, 9.17) is 4.74 Å². The Kier molecular flexibility index (Phi) is 4.10. The fourth-order valence-corrected chi connectivity index (χ4v) is 3.15. The highest BCUT2D eigenvalue weighted by atomic mass is 32.1. The van der Waals surface area contributed by atoms with Gasteiger partial charge in [-0.15, -0.1) is 11.3 Å². The van der Waals surface area contributed by atoms with Crippen molar-refractivity contribution in [1.82, 2.24) is 4.98 Å². The molecule has 5 nitrogen and oxygen atoms in total. The van der Waals surface area contributed by atoms with Gasteiger partial charge in [-0.05, 0) is 33.1 Å². The van der Waals surface area contributed by atoms with Crippen LogP contribution in [0.2, 0.25) is 0 Å². The summed E-state index contributed by atoms with van der Waals surface area (Å²) in [5.41, 5.74) is -0.338. The topological polar surface area (TPSA) is 71.5 Å². The maximum atomic E-state index is 11.2.